The third kappa shape index (κ3) is 5.09. The third-order valence-electron chi connectivity index (χ3n) is 3.76. The van der Waals surface area contributed by atoms with Crippen LogP contribution in [0.15, 0.2) is 36.4 Å². The number of carbonyl (C=O) groups is 1. The number of benzene rings is 2. The van der Waals surface area contributed by atoms with Gasteiger partial charge in [-0.15, -0.1) is 0 Å². The lowest BCUT2D eigenvalue weighted by molar-refractivity contribution is 0.0935. The Bertz CT molecular complexity index is 769. The predicted octanol–water partition coefficient (Wildman–Crippen LogP) is 4.00. The molecule has 1 amide bonds. The molecule has 0 aliphatic heterocycles. The first-order valence-electron chi connectivity index (χ1n) is 8.01. The summed E-state index contributed by atoms with van der Waals surface area (Å²) in [6, 6.07) is 8.91. The van der Waals surface area contributed by atoms with Crippen LogP contribution in [0.3, 0.4) is 0 Å². The standard InChI is InChI=1S/C19H21ClFNO4/c1-12(22-19(23)15-6-5-14(20)11-16(15)21)13-4-7-17(18(10-13)25-3)26-9-8-24-2/h4-7,10-12H,8-9H2,1-3H3,(H,22,23)/t12-/m1/s1. The molecule has 1 atom stereocenters. The van der Waals surface area contributed by atoms with Crippen LogP contribution in [0.2, 0.25) is 5.02 Å². The number of hydrogen-bond donors (Lipinski definition) is 1. The lowest BCUT2D eigenvalue weighted by Crippen LogP contribution is -2.27. The van der Waals surface area contributed by atoms with Gasteiger partial charge in [0.05, 0.1) is 25.3 Å². The lowest BCUT2D eigenvalue weighted by atomic mass is 10.1. The zero-order chi connectivity index (χ0) is 19.1. The molecule has 2 rings (SSSR count). The molecule has 0 saturated heterocycles. The van der Waals surface area contributed by atoms with Gasteiger partial charge in [-0.3, -0.25) is 4.79 Å². The van der Waals surface area contributed by atoms with Crippen LogP contribution in [-0.4, -0.2) is 33.3 Å². The second-order valence-electron chi connectivity index (χ2n) is 5.57. The summed E-state index contributed by atoms with van der Waals surface area (Å²) in [5, 5.41) is 2.99. The van der Waals surface area contributed by atoms with Gasteiger partial charge < -0.3 is 19.5 Å². The molecule has 2 aromatic carbocycles. The Morgan fingerprint density at radius 2 is 1.92 bits per heavy atom. The highest BCUT2D eigenvalue weighted by molar-refractivity contribution is 6.30. The highest BCUT2D eigenvalue weighted by atomic mass is 35.5. The number of methoxy groups -OCH3 is 2. The number of carbonyl (C=O) groups excluding carboxylic acids is 1. The van der Waals surface area contributed by atoms with E-state index >= 15 is 0 Å². The van der Waals surface area contributed by atoms with Crippen LogP contribution < -0.4 is 14.8 Å². The molecule has 26 heavy (non-hydrogen) atoms. The van der Waals surface area contributed by atoms with Gasteiger partial charge in [-0.1, -0.05) is 17.7 Å². The first kappa shape index (κ1) is 20.0. The van der Waals surface area contributed by atoms with E-state index in [0.29, 0.717) is 24.7 Å². The summed E-state index contributed by atoms with van der Waals surface area (Å²) in [6.45, 7) is 2.66. The van der Waals surface area contributed by atoms with Gasteiger partial charge in [0, 0.05) is 12.1 Å². The Morgan fingerprint density at radius 3 is 2.58 bits per heavy atom. The molecule has 140 valence electrons. The first-order valence-corrected chi connectivity index (χ1v) is 8.39. The first-order chi connectivity index (χ1) is 12.5. The summed E-state index contributed by atoms with van der Waals surface area (Å²) >= 11 is 5.71. The molecule has 0 aliphatic rings. The largest absolute Gasteiger partial charge is 0.493 e. The molecule has 0 saturated carbocycles. The fraction of sp³-hybridized carbons (Fsp3) is 0.316. The van der Waals surface area contributed by atoms with E-state index in [1.807, 2.05) is 6.07 Å². The highest BCUT2D eigenvalue weighted by Crippen LogP contribution is 2.30. The number of ether oxygens (including phenoxy) is 3. The van der Waals surface area contributed by atoms with Crippen molar-refractivity contribution in [1.82, 2.24) is 5.32 Å². The quantitative estimate of drug-likeness (QED) is 0.702. The smallest absolute Gasteiger partial charge is 0.254 e. The molecule has 0 bridgehead atoms. The van der Waals surface area contributed by atoms with Crippen molar-refractivity contribution >= 4 is 17.5 Å². The van der Waals surface area contributed by atoms with Crippen LogP contribution in [0, 0.1) is 5.82 Å². The van der Waals surface area contributed by atoms with Crippen LogP contribution in [0.25, 0.3) is 0 Å². The molecule has 0 fully saturated rings. The minimum absolute atomic E-state index is 0.0623. The third-order valence-corrected chi connectivity index (χ3v) is 3.99. The Hall–Kier alpha value is -2.31. The fourth-order valence-corrected chi connectivity index (χ4v) is 2.50. The van der Waals surface area contributed by atoms with Gasteiger partial charge in [0.2, 0.25) is 0 Å². The van der Waals surface area contributed by atoms with Crippen molar-refractivity contribution in [3.05, 3.63) is 58.4 Å². The van der Waals surface area contributed by atoms with Gasteiger partial charge in [-0.25, -0.2) is 4.39 Å². The van der Waals surface area contributed by atoms with Crippen molar-refractivity contribution in [3.8, 4) is 11.5 Å². The SMILES string of the molecule is COCCOc1ccc([C@@H](C)NC(=O)c2ccc(Cl)cc2F)cc1OC. The average molecular weight is 382 g/mol. The lowest BCUT2D eigenvalue weighted by Gasteiger charge is -2.17. The fourth-order valence-electron chi connectivity index (χ4n) is 2.34. The Balaban J connectivity index is 2.10. The van der Waals surface area contributed by atoms with E-state index in [9.17, 15) is 9.18 Å². The monoisotopic (exact) mass is 381 g/mol. The van der Waals surface area contributed by atoms with Gasteiger partial charge in [0.1, 0.15) is 12.4 Å². The minimum atomic E-state index is -0.665. The summed E-state index contributed by atoms with van der Waals surface area (Å²) in [6.07, 6.45) is 0. The summed E-state index contributed by atoms with van der Waals surface area (Å²) in [7, 11) is 3.13. The minimum Gasteiger partial charge on any atom is -0.493 e. The van der Waals surface area contributed by atoms with Gasteiger partial charge in [0.15, 0.2) is 11.5 Å². The molecule has 0 aliphatic carbocycles. The van der Waals surface area contributed by atoms with Crippen molar-refractivity contribution in [2.24, 2.45) is 0 Å². The van der Waals surface area contributed by atoms with Gasteiger partial charge in [-0.05, 0) is 42.8 Å². The second kappa shape index (κ2) is 9.40. The topological polar surface area (TPSA) is 56.8 Å². The van der Waals surface area contributed by atoms with E-state index in [1.165, 1.54) is 19.2 Å². The molecule has 0 heterocycles. The van der Waals surface area contributed by atoms with Crippen LogP contribution in [0.5, 0.6) is 11.5 Å². The molecule has 7 heteroatoms. The summed E-state index contributed by atoms with van der Waals surface area (Å²) < 4.78 is 29.7. The van der Waals surface area contributed by atoms with E-state index < -0.39 is 11.7 Å². The number of halogens is 2. The summed E-state index contributed by atoms with van der Waals surface area (Å²) in [5.74, 6) is -0.0688. The number of nitrogens with one attached hydrogen (secondary N) is 1. The Morgan fingerprint density at radius 1 is 1.15 bits per heavy atom. The van der Waals surface area contributed by atoms with Crippen LogP contribution in [0.1, 0.15) is 28.9 Å². The van der Waals surface area contributed by atoms with Crippen LogP contribution in [0.4, 0.5) is 4.39 Å². The molecular formula is C19H21ClFNO4. The van der Waals surface area contributed by atoms with Crippen LogP contribution in [-0.2, 0) is 4.74 Å². The second-order valence-corrected chi connectivity index (χ2v) is 6.01. The highest BCUT2D eigenvalue weighted by Gasteiger charge is 2.17. The van der Waals surface area contributed by atoms with Gasteiger partial charge in [0.25, 0.3) is 5.91 Å². The maximum atomic E-state index is 13.9. The normalized spacial score (nSPS) is 11.7. The van der Waals surface area contributed by atoms with E-state index in [-0.39, 0.29) is 16.6 Å². The maximum absolute atomic E-state index is 13.9. The number of rotatable bonds is 8. The Labute approximate surface area is 157 Å². The van der Waals surface area contributed by atoms with Gasteiger partial charge in [-0.2, -0.15) is 0 Å². The molecule has 0 unspecified atom stereocenters. The van der Waals surface area contributed by atoms with Gasteiger partial charge >= 0.3 is 0 Å². The summed E-state index contributed by atoms with van der Waals surface area (Å²) in [4.78, 5) is 12.3. The van der Waals surface area contributed by atoms with E-state index in [2.05, 4.69) is 5.32 Å². The molecule has 1 N–H and O–H groups in total. The zero-order valence-corrected chi connectivity index (χ0v) is 15.6. The predicted molar refractivity (Wildman–Crippen MR) is 97.7 cm³/mol. The molecule has 0 aromatic heterocycles. The molecule has 5 nitrogen and oxygen atoms in total. The van der Waals surface area contributed by atoms with E-state index in [0.717, 1.165) is 11.6 Å². The van der Waals surface area contributed by atoms with Crippen molar-refractivity contribution in [2.45, 2.75) is 13.0 Å². The van der Waals surface area contributed by atoms with E-state index in [4.69, 9.17) is 25.8 Å². The average Bonchev–Trinajstić information content (AvgIpc) is 2.61. The van der Waals surface area contributed by atoms with Crippen molar-refractivity contribution < 1.29 is 23.4 Å². The molecule has 0 radical (unpaired) electrons. The van der Waals surface area contributed by atoms with Crippen molar-refractivity contribution in [2.75, 3.05) is 27.4 Å². The number of amides is 1. The van der Waals surface area contributed by atoms with Crippen molar-refractivity contribution in [1.29, 1.82) is 0 Å². The summed E-state index contributed by atoms with van der Waals surface area (Å²) in [5.41, 5.74) is 0.733. The van der Waals surface area contributed by atoms with E-state index in [1.54, 1.807) is 26.2 Å². The van der Waals surface area contributed by atoms with Crippen LogP contribution >= 0.6 is 11.6 Å². The number of hydrogen-bond acceptors (Lipinski definition) is 4. The molecular weight excluding hydrogens is 361 g/mol. The Kier molecular flexibility index (Phi) is 7.24. The van der Waals surface area contributed by atoms with Crippen molar-refractivity contribution in [3.63, 3.8) is 0 Å². The maximum Gasteiger partial charge on any atom is 0.254 e. The molecule has 2 aromatic rings. The molecule has 0 spiro atoms. The zero-order valence-electron chi connectivity index (χ0n) is 14.8.